The highest BCUT2D eigenvalue weighted by atomic mass is 35.5. The zero-order chi connectivity index (χ0) is 10.8. The Bertz CT molecular complexity index is 396. The minimum atomic E-state index is -0.228. The summed E-state index contributed by atoms with van der Waals surface area (Å²) in [5.74, 6) is 0.545. The summed E-state index contributed by atoms with van der Waals surface area (Å²) < 4.78 is 0. The lowest BCUT2D eigenvalue weighted by molar-refractivity contribution is -0.117. The van der Waals surface area contributed by atoms with Crippen LogP contribution in [0.15, 0.2) is 6.20 Å². The molecule has 0 saturated heterocycles. The van der Waals surface area contributed by atoms with E-state index >= 15 is 0 Å². The van der Waals surface area contributed by atoms with Crippen LogP contribution in [0, 0.1) is 0 Å². The molecule has 6 heteroatoms. The smallest absolute Gasteiger partial charge is 0.247 e. The standard InChI is InChI=1S/C9H11ClN4O/c1-2-3-5-8(15)13-6-4-11-9(10)14-7(6)12-5/h4-5H,2-3H2,1H3,(H,13,15)(H,11,12,14). The van der Waals surface area contributed by atoms with E-state index < -0.39 is 0 Å². The van der Waals surface area contributed by atoms with Gasteiger partial charge in [-0.2, -0.15) is 4.98 Å². The van der Waals surface area contributed by atoms with Crippen molar-refractivity contribution in [2.75, 3.05) is 10.6 Å². The number of carbonyl (C=O) groups excluding carboxylic acids is 1. The third-order valence-corrected chi connectivity index (χ3v) is 2.40. The minimum Gasteiger partial charge on any atom is -0.356 e. The number of fused-ring (bicyclic) bond motifs is 1. The predicted octanol–water partition coefficient (Wildman–Crippen LogP) is 1.66. The van der Waals surface area contributed by atoms with Crippen molar-refractivity contribution in [3.63, 3.8) is 0 Å². The number of amides is 1. The Hall–Kier alpha value is -1.36. The number of halogens is 1. The van der Waals surface area contributed by atoms with Gasteiger partial charge in [0.05, 0.1) is 6.20 Å². The maximum Gasteiger partial charge on any atom is 0.247 e. The Kier molecular flexibility index (Phi) is 2.73. The first kappa shape index (κ1) is 10.2. The highest BCUT2D eigenvalue weighted by Crippen LogP contribution is 2.25. The summed E-state index contributed by atoms with van der Waals surface area (Å²) in [6.07, 6.45) is 3.20. The van der Waals surface area contributed by atoms with E-state index in [0.29, 0.717) is 11.5 Å². The van der Waals surface area contributed by atoms with Gasteiger partial charge in [-0.3, -0.25) is 4.79 Å². The number of nitrogens with zero attached hydrogens (tertiary/aromatic N) is 2. The first-order valence-electron chi connectivity index (χ1n) is 4.80. The first-order chi connectivity index (χ1) is 7.20. The minimum absolute atomic E-state index is 0.0460. The number of nitrogens with one attached hydrogen (secondary N) is 2. The van der Waals surface area contributed by atoms with E-state index in [1.54, 1.807) is 0 Å². The second-order valence-electron chi connectivity index (χ2n) is 3.38. The molecule has 1 aliphatic heterocycles. The predicted molar refractivity (Wildman–Crippen MR) is 58.0 cm³/mol. The Morgan fingerprint density at radius 3 is 3.13 bits per heavy atom. The summed E-state index contributed by atoms with van der Waals surface area (Å²) in [7, 11) is 0. The van der Waals surface area contributed by atoms with Crippen LogP contribution < -0.4 is 10.6 Å². The molecule has 80 valence electrons. The van der Waals surface area contributed by atoms with Crippen LogP contribution in [-0.2, 0) is 4.79 Å². The van der Waals surface area contributed by atoms with Crippen LogP contribution in [0.4, 0.5) is 11.5 Å². The number of aromatic nitrogens is 2. The molecule has 1 aromatic heterocycles. The molecule has 1 amide bonds. The lowest BCUT2D eigenvalue weighted by Crippen LogP contribution is -2.39. The third kappa shape index (κ3) is 2.02. The Balaban J connectivity index is 2.26. The van der Waals surface area contributed by atoms with Crippen molar-refractivity contribution in [3.05, 3.63) is 11.5 Å². The first-order valence-corrected chi connectivity index (χ1v) is 5.18. The number of carbonyl (C=O) groups is 1. The van der Waals surface area contributed by atoms with E-state index in [9.17, 15) is 4.79 Å². The van der Waals surface area contributed by atoms with Crippen molar-refractivity contribution in [3.8, 4) is 0 Å². The monoisotopic (exact) mass is 226 g/mol. The molecule has 0 aromatic carbocycles. The van der Waals surface area contributed by atoms with Gasteiger partial charge < -0.3 is 10.6 Å². The van der Waals surface area contributed by atoms with Crippen LogP contribution in [0.25, 0.3) is 0 Å². The second-order valence-corrected chi connectivity index (χ2v) is 3.71. The molecular formula is C9H11ClN4O. The van der Waals surface area contributed by atoms with Gasteiger partial charge in [-0.05, 0) is 18.0 Å². The lowest BCUT2D eigenvalue weighted by atomic mass is 10.1. The van der Waals surface area contributed by atoms with Crippen molar-refractivity contribution in [2.24, 2.45) is 0 Å². The van der Waals surface area contributed by atoms with Crippen LogP contribution in [0.3, 0.4) is 0 Å². The summed E-state index contributed by atoms with van der Waals surface area (Å²) in [6.45, 7) is 2.03. The highest BCUT2D eigenvalue weighted by Gasteiger charge is 2.25. The van der Waals surface area contributed by atoms with Crippen molar-refractivity contribution in [1.82, 2.24) is 9.97 Å². The molecule has 1 aromatic rings. The molecule has 0 bridgehead atoms. The molecule has 0 spiro atoms. The van der Waals surface area contributed by atoms with Crippen molar-refractivity contribution < 1.29 is 4.79 Å². The van der Waals surface area contributed by atoms with Gasteiger partial charge in [0.1, 0.15) is 11.7 Å². The van der Waals surface area contributed by atoms with Crippen molar-refractivity contribution in [2.45, 2.75) is 25.8 Å². The molecule has 2 rings (SSSR count). The summed E-state index contributed by atoms with van der Waals surface area (Å²) >= 11 is 5.66. The van der Waals surface area contributed by atoms with Crippen LogP contribution in [0.2, 0.25) is 5.28 Å². The molecular weight excluding hydrogens is 216 g/mol. The van der Waals surface area contributed by atoms with E-state index in [0.717, 1.165) is 12.8 Å². The van der Waals surface area contributed by atoms with Gasteiger partial charge in [0.25, 0.3) is 0 Å². The van der Waals surface area contributed by atoms with Crippen LogP contribution in [0.1, 0.15) is 19.8 Å². The summed E-state index contributed by atoms with van der Waals surface area (Å²) in [5, 5.41) is 5.95. The Morgan fingerprint density at radius 1 is 1.60 bits per heavy atom. The molecule has 1 aliphatic rings. The SMILES string of the molecule is CCCC1Nc2nc(Cl)ncc2NC1=O. The molecule has 2 N–H and O–H groups in total. The van der Waals surface area contributed by atoms with Gasteiger partial charge in [0.2, 0.25) is 11.2 Å². The second kappa shape index (κ2) is 4.02. The fraction of sp³-hybridized carbons (Fsp3) is 0.444. The van der Waals surface area contributed by atoms with Gasteiger partial charge in [0.15, 0.2) is 5.82 Å². The van der Waals surface area contributed by atoms with E-state index in [1.165, 1.54) is 6.20 Å². The van der Waals surface area contributed by atoms with Gasteiger partial charge in [-0.25, -0.2) is 4.98 Å². The topological polar surface area (TPSA) is 66.9 Å². The number of rotatable bonds is 2. The third-order valence-electron chi connectivity index (χ3n) is 2.22. The van der Waals surface area contributed by atoms with E-state index in [2.05, 4.69) is 20.6 Å². The molecule has 15 heavy (non-hydrogen) atoms. The van der Waals surface area contributed by atoms with Crippen LogP contribution in [0.5, 0.6) is 0 Å². The molecule has 0 saturated carbocycles. The molecule has 1 unspecified atom stereocenters. The average molecular weight is 227 g/mol. The number of anilines is 2. The van der Waals surface area contributed by atoms with Crippen molar-refractivity contribution >= 4 is 29.0 Å². The maximum atomic E-state index is 11.6. The molecule has 5 nitrogen and oxygen atoms in total. The van der Waals surface area contributed by atoms with E-state index in [-0.39, 0.29) is 17.2 Å². The zero-order valence-electron chi connectivity index (χ0n) is 8.25. The largest absolute Gasteiger partial charge is 0.356 e. The Labute approximate surface area is 92.3 Å². The van der Waals surface area contributed by atoms with Gasteiger partial charge in [0, 0.05) is 0 Å². The maximum absolute atomic E-state index is 11.6. The highest BCUT2D eigenvalue weighted by molar-refractivity contribution is 6.28. The van der Waals surface area contributed by atoms with Gasteiger partial charge in [-0.15, -0.1) is 0 Å². The fourth-order valence-corrected chi connectivity index (χ4v) is 1.64. The Morgan fingerprint density at radius 2 is 2.40 bits per heavy atom. The fourth-order valence-electron chi connectivity index (χ4n) is 1.50. The number of hydrogen-bond acceptors (Lipinski definition) is 4. The molecule has 1 atom stereocenters. The number of hydrogen-bond donors (Lipinski definition) is 2. The van der Waals surface area contributed by atoms with Crippen LogP contribution >= 0.6 is 11.6 Å². The van der Waals surface area contributed by atoms with Gasteiger partial charge >= 0.3 is 0 Å². The summed E-state index contributed by atoms with van der Waals surface area (Å²) in [5.41, 5.74) is 0.580. The molecule has 0 fully saturated rings. The van der Waals surface area contributed by atoms with Crippen LogP contribution in [-0.4, -0.2) is 21.9 Å². The van der Waals surface area contributed by atoms with E-state index in [1.807, 2.05) is 6.92 Å². The normalized spacial score (nSPS) is 19.1. The summed E-state index contributed by atoms with van der Waals surface area (Å²) in [4.78, 5) is 19.4. The quantitative estimate of drug-likeness (QED) is 0.753. The average Bonchev–Trinajstić information content (AvgIpc) is 2.20. The summed E-state index contributed by atoms with van der Waals surface area (Å²) in [6, 6.07) is -0.228. The lowest BCUT2D eigenvalue weighted by Gasteiger charge is -2.25. The molecule has 2 heterocycles. The van der Waals surface area contributed by atoms with Gasteiger partial charge in [-0.1, -0.05) is 13.3 Å². The van der Waals surface area contributed by atoms with E-state index in [4.69, 9.17) is 11.6 Å². The van der Waals surface area contributed by atoms with Crippen molar-refractivity contribution in [1.29, 1.82) is 0 Å². The zero-order valence-corrected chi connectivity index (χ0v) is 9.01. The molecule has 0 aliphatic carbocycles. The molecule has 0 radical (unpaired) electrons.